The lowest BCUT2D eigenvalue weighted by atomic mass is 10.0. The van der Waals surface area contributed by atoms with Crippen LogP contribution in [0, 0.1) is 0 Å². The fraction of sp³-hybridized carbons (Fsp3) is 0.917. The Hall–Kier alpha value is -1.26. The van der Waals surface area contributed by atoms with Gasteiger partial charge in [0.2, 0.25) is 0 Å². The van der Waals surface area contributed by atoms with E-state index in [4.69, 9.17) is 5.53 Å². The molecule has 0 bridgehead atoms. The third-order valence-electron chi connectivity index (χ3n) is 2.84. The number of aliphatic hydroxyl groups is 1. The van der Waals surface area contributed by atoms with Crippen molar-refractivity contribution in [1.29, 1.82) is 0 Å². The Bertz CT molecular complexity index is 278. The van der Waals surface area contributed by atoms with Crippen LogP contribution in [0.1, 0.15) is 51.9 Å². The summed E-state index contributed by atoms with van der Waals surface area (Å²) in [6, 6.07) is -1.13. The maximum Gasteiger partial charge on any atom is 0.317 e. The molecule has 104 valence electrons. The SMILES string of the molecule is CCCCCCCCC(O)C(N=[N+]=[N-])C(=O)OC. The summed E-state index contributed by atoms with van der Waals surface area (Å²) in [7, 11) is 1.21. The Morgan fingerprint density at radius 1 is 1.33 bits per heavy atom. The number of carbonyl (C=O) groups excluding carboxylic acids is 1. The van der Waals surface area contributed by atoms with Gasteiger partial charge in [-0.15, -0.1) is 0 Å². The fourth-order valence-electron chi connectivity index (χ4n) is 1.75. The maximum atomic E-state index is 11.3. The zero-order chi connectivity index (χ0) is 13.8. The van der Waals surface area contributed by atoms with Crippen LogP contribution in [0.4, 0.5) is 0 Å². The van der Waals surface area contributed by atoms with Crippen LogP contribution < -0.4 is 0 Å². The minimum Gasteiger partial charge on any atom is -0.469 e. The summed E-state index contributed by atoms with van der Waals surface area (Å²) in [4.78, 5) is 13.8. The number of methoxy groups -OCH3 is 1. The van der Waals surface area contributed by atoms with E-state index in [2.05, 4.69) is 21.7 Å². The van der Waals surface area contributed by atoms with E-state index in [9.17, 15) is 9.90 Å². The van der Waals surface area contributed by atoms with Gasteiger partial charge < -0.3 is 9.84 Å². The largest absolute Gasteiger partial charge is 0.469 e. The van der Waals surface area contributed by atoms with E-state index in [1.807, 2.05) is 0 Å². The Kier molecular flexibility index (Phi) is 10.1. The molecule has 0 aromatic heterocycles. The molecule has 2 atom stereocenters. The van der Waals surface area contributed by atoms with Crippen molar-refractivity contribution in [2.24, 2.45) is 5.11 Å². The van der Waals surface area contributed by atoms with Gasteiger partial charge in [-0.1, -0.05) is 50.6 Å². The zero-order valence-corrected chi connectivity index (χ0v) is 11.2. The molecule has 0 aliphatic heterocycles. The molecule has 0 amide bonds. The van der Waals surface area contributed by atoms with Crippen LogP contribution >= 0.6 is 0 Å². The van der Waals surface area contributed by atoms with E-state index in [1.165, 1.54) is 26.4 Å². The van der Waals surface area contributed by atoms with Gasteiger partial charge in [0.05, 0.1) is 13.2 Å². The van der Waals surface area contributed by atoms with Gasteiger partial charge in [0.1, 0.15) is 0 Å². The first-order valence-electron chi connectivity index (χ1n) is 6.47. The van der Waals surface area contributed by atoms with Gasteiger partial charge in [-0.3, -0.25) is 4.79 Å². The molecule has 0 aliphatic rings. The highest BCUT2D eigenvalue weighted by atomic mass is 16.5. The number of esters is 1. The molecule has 0 radical (unpaired) electrons. The molecule has 0 aromatic rings. The Morgan fingerprint density at radius 3 is 2.50 bits per heavy atom. The number of nitrogens with zero attached hydrogens (tertiary/aromatic N) is 3. The third-order valence-corrected chi connectivity index (χ3v) is 2.84. The number of aliphatic hydroxyl groups excluding tert-OH is 1. The maximum absolute atomic E-state index is 11.3. The minimum absolute atomic E-state index is 0.449. The second-order valence-corrected chi connectivity index (χ2v) is 4.30. The normalized spacial score (nSPS) is 13.5. The standard InChI is InChI=1S/C12H23N3O3/c1-3-4-5-6-7-8-9-10(16)11(14-15-13)12(17)18-2/h10-11,16H,3-9H2,1-2H3. The average molecular weight is 257 g/mol. The van der Waals surface area contributed by atoms with Gasteiger partial charge in [-0.25, -0.2) is 0 Å². The number of unbranched alkanes of at least 4 members (excludes halogenated alkanes) is 5. The topological polar surface area (TPSA) is 95.3 Å². The molecular formula is C12H23N3O3. The van der Waals surface area contributed by atoms with Gasteiger partial charge in [0.15, 0.2) is 6.04 Å². The summed E-state index contributed by atoms with van der Waals surface area (Å²) in [6.45, 7) is 2.16. The number of carbonyl (C=O) groups is 1. The minimum atomic E-state index is -1.13. The molecule has 2 unspecified atom stereocenters. The van der Waals surface area contributed by atoms with Crippen LogP contribution in [-0.4, -0.2) is 30.3 Å². The van der Waals surface area contributed by atoms with Crippen LogP contribution in [0.2, 0.25) is 0 Å². The lowest BCUT2D eigenvalue weighted by Gasteiger charge is -2.15. The van der Waals surface area contributed by atoms with Crippen molar-refractivity contribution < 1.29 is 14.6 Å². The molecule has 1 N–H and O–H groups in total. The van der Waals surface area contributed by atoms with Crippen LogP contribution in [0.3, 0.4) is 0 Å². The first kappa shape index (κ1) is 16.7. The van der Waals surface area contributed by atoms with Crippen molar-refractivity contribution in [3.63, 3.8) is 0 Å². The van der Waals surface area contributed by atoms with Crippen molar-refractivity contribution in [2.75, 3.05) is 7.11 Å². The van der Waals surface area contributed by atoms with E-state index in [0.717, 1.165) is 19.3 Å². The van der Waals surface area contributed by atoms with E-state index in [1.54, 1.807) is 0 Å². The van der Waals surface area contributed by atoms with Crippen LogP contribution in [0.5, 0.6) is 0 Å². The molecule has 0 heterocycles. The van der Waals surface area contributed by atoms with Gasteiger partial charge in [-0.2, -0.15) is 0 Å². The van der Waals surface area contributed by atoms with Crippen molar-refractivity contribution in [1.82, 2.24) is 0 Å². The first-order valence-corrected chi connectivity index (χ1v) is 6.47. The van der Waals surface area contributed by atoms with Crippen molar-refractivity contribution >= 4 is 5.97 Å². The highest BCUT2D eigenvalue weighted by molar-refractivity contribution is 5.76. The first-order chi connectivity index (χ1) is 8.67. The number of hydrogen-bond acceptors (Lipinski definition) is 4. The van der Waals surface area contributed by atoms with Gasteiger partial charge >= 0.3 is 5.97 Å². The van der Waals surface area contributed by atoms with E-state index in [0.29, 0.717) is 6.42 Å². The Balaban J connectivity index is 3.92. The molecule has 0 saturated carbocycles. The molecule has 0 aromatic carbocycles. The lowest BCUT2D eigenvalue weighted by Crippen LogP contribution is -2.33. The molecule has 0 rings (SSSR count). The summed E-state index contributed by atoms with van der Waals surface area (Å²) in [5, 5.41) is 13.1. The Morgan fingerprint density at radius 2 is 1.94 bits per heavy atom. The molecular weight excluding hydrogens is 234 g/mol. The van der Waals surface area contributed by atoms with Gasteiger partial charge in [-0.05, 0) is 12.0 Å². The van der Waals surface area contributed by atoms with E-state index in [-0.39, 0.29) is 0 Å². The molecule has 0 saturated heterocycles. The predicted octanol–water partition coefficient (Wildman–Crippen LogP) is 2.95. The van der Waals surface area contributed by atoms with Gasteiger partial charge in [0.25, 0.3) is 0 Å². The second kappa shape index (κ2) is 10.9. The number of azide groups is 1. The van der Waals surface area contributed by atoms with Crippen molar-refractivity contribution in [2.45, 2.75) is 64.0 Å². The smallest absolute Gasteiger partial charge is 0.317 e. The number of ether oxygens (including phenoxy) is 1. The zero-order valence-electron chi connectivity index (χ0n) is 11.2. The second-order valence-electron chi connectivity index (χ2n) is 4.30. The van der Waals surface area contributed by atoms with Crippen molar-refractivity contribution in [3.8, 4) is 0 Å². The van der Waals surface area contributed by atoms with E-state index < -0.39 is 18.1 Å². The molecule has 0 aliphatic carbocycles. The summed E-state index contributed by atoms with van der Waals surface area (Å²) in [6.07, 6.45) is 6.08. The van der Waals surface area contributed by atoms with Crippen LogP contribution in [0.15, 0.2) is 5.11 Å². The lowest BCUT2D eigenvalue weighted by molar-refractivity contribution is -0.144. The highest BCUT2D eigenvalue weighted by Gasteiger charge is 2.25. The third kappa shape index (κ3) is 7.14. The molecule has 18 heavy (non-hydrogen) atoms. The van der Waals surface area contributed by atoms with E-state index >= 15 is 0 Å². The summed E-state index contributed by atoms with van der Waals surface area (Å²) in [5.74, 6) is -0.689. The summed E-state index contributed by atoms with van der Waals surface area (Å²) >= 11 is 0. The quantitative estimate of drug-likeness (QED) is 0.214. The monoisotopic (exact) mass is 257 g/mol. The Labute approximate surface area is 108 Å². The fourth-order valence-corrected chi connectivity index (χ4v) is 1.75. The highest BCUT2D eigenvalue weighted by Crippen LogP contribution is 2.13. The number of rotatable bonds is 10. The molecule has 0 fully saturated rings. The van der Waals surface area contributed by atoms with Crippen LogP contribution in [-0.2, 0) is 9.53 Å². The average Bonchev–Trinajstić information content (AvgIpc) is 2.38. The molecule has 6 heteroatoms. The molecule has 6 nitrogen and oxygen atoms in total. The van der Waals surface area contributed by atoms with Crippen molar-refractivity contribution in [3.05, 3.63) is 10.4 Å². The molecule has 0 spiro atoms. The predicted molar refractivity (Wildman–Crippen MR) is 68.9 cm³/mol. The van der Waals surface area contributed by atoms with Crippen LogP contribution in [0.25, 0.3) is 10.4 Å². The summed E-state index contributed by atoms with van der Waals surface area (Å²) < 4.78 is 4.48. The summed E-state index contributed by atoms with van der Waals surface area (Å²) in [5.41, 5.74) is 8.34. The number of hydrogen-bond donors (Lipinski definition) is 1. The van der Waals surface area contributed by atoms with Gasteiger partial charge in [0, 0.05) is 4.91 Å².